The Morgan fingerprint density at radius 1 is 1.39 bits per heavy atom. The van der Waals surface area contributed by atoms with Gasteiger partial charge in [-0.25, -0.2) is 0 Å². The van der Waals surface area contributed by atoms with Gasteiger partial charge in [0.2, 0.25) is 0 Å². The molecule has 2 nitrogen and oxygen atoms in total. The summed E-state index contributed by atoms with van der Waals surface area (Å²) in [4.78, 5) is 12.6. The highest BCUT2D eigenvalue weighted by Gasteiger charge is 2.23. The van der Waals surface area contributed by atoms with Crippen LogP contribution in [0.2, 0.25) is 0 Å². The van der Waals surface area contributed by atoms with E-state index in [-0.39, 0.29) is 5.41 Å². The summed E-state index contributed by atoms with van der Waals surface area (Å²) in [6.07, 6.45) is 3.73. The van der Waals surface area contributed by atoms with Gasteiger partial charge in [-0.1, -0.05) is 19.9 Å². The van der Waals surface area contributed by atoms with E-state index in [9.17, 15) is 4.79 Å². The number of carbonyl (C=O) groups is 1. The van der Waals surface area contributed by atoms with Crippen LogP contribution in [0, 0.1) is 5.92 Å². The smallest absolute Gasteiger partial charge is 0.132 e. The van der Waals surface area contributed by atoms with E-state index in [0.717, 1.165) is 38.8 Å². The van der Waals surface area contributed by atoms with Gasteiger partial charge in [-0.2, -0.15) is 0 Å². The molecule has 0 radical (unpaired) electrons. The monoisotopic (exact) mass is 265 g/mol. The number of carbonyl (C=O) groups excluding carboxylic acids is 1. The molecule has 0 unspecified atom stereocenters. The third kappa shape index (κ3) is 3.66. The first-order valence-corrected chi connectivity index (χ1v) is 7.72. The van der Waals surface area contributed by atoms with Crippen molar-refractivity contribution in [1.82, 2.24) is 5.32 Å². The van der Waals surface area contributed by atoms with Gasteiger partial charge in [-0.3, -0.25) is 4.79 Å². The molecule has 100 valence electrons. The van der Waals surface area contributed by atoms with Gasteiger partial charge in [0.15, 0.2) is 0 Å². The van der Waals surface area contributed by atoms with Crippen LogP contribution in [-0.2, 0) is 10.2 Å². The van der Waals surface area contributed by atoms with Crippen LogP contribution in [0.4, 0.5) is 0 Å². The SMILES string of the molecule is CC(C)(CNCC1CCC(=O)CC1)c1cccs1. The Bertz CT molecular complexity index is 373. The average molecular weight is 265 g/mol. The molecule has 1 saturated carbocycles. The molecule has 0 atom stereocenters. The number of hydrogen-bond acceptors (Lipinski definition) is 3. The van der Waals surface area contributed by atoms with E-state index in [0.29, 0.717) is 11.7 Å². The molecule has 0 aliphatic heterocycles. The van der Waals surface area contributed by atoms with Crippen molar-refractivity contribution in [3.63, 3.8) is 0 Å². The first kappa shape index (κ1) is 13.8. The lowest BCUT2D eigenvalue weighted by Gasteiger charge is -2.27. The molecular weight excluding hydrogens is 242 g/mol. The maximum Gasteiger partial charge on any atom is 0.132 e. The fourth-order valence-corrected chi connectivity index (χ4v) is 3.40. The van der Waals surface area contributed by atoms with Gasteiger partial charge < -0.3 is 5.32 Å². The number of rotatable bonds is 5. The van der Waals surface area contributed by atoms with E-state index < -0.39 is 0 Å². The van der Waals surface area contributed by atoms with Crippen LogP contribution in [0.5, 0.6) is 0 Å². The van der Waals surface area contributed by atoms with Crippen molar-refractivity contribution in [2.24, 2.45) is 5.92 Å². The Morgan fingerprint density at radius 2 is 2.11 bits per heavy atom. The van der Waals surface area contributed by atoms with Gasteiger partial charge in [0.1, 0.15) is 5.78 Å². The predicted molar refractivity (Wildman–Crippen MR) is 77.2 cm³/mol. The number of thiophene rings is 1. The Morgan fingerprint density at radius 3 is 2.72 bits per heavy atom. The van der Waals surface area contributed by atoms with Crippen molar-refractivity contribution in [2.75, 3.05) is 13.1 Å². The van der Waals surface area contributed by atoms with Crippen molar-refractivity contribution in [3.8, 4) is 0 Å². The van der Waals surface area contributed by atoms with Crippen molar-refractivity contribution >= 4 is 17.1 Å². The quantitative estimate of drug-likeness (QED) is 0.884. The van der Waals surface area contributed by atoms with E-state index in [1.807, 2.05) is 11.3 Å². The second kappa shape index (κ2) is 5.98. The van der Waals surface area contributed by atoms with Crippen LogP contribution in [0.3, 0.4) is 0 Å². The summed E-state index contributed by atoms with van der Waals surface area (Å²) in [5, 5.41) is 5.74. The summed E-state index contributed by atoms with van der Waals surface area (Å²) < 4.78 is 0. The molecule has 0 amide bonds. The Hall–Kier alpha value is -0.670. The Kier molecular flexibility index (Phi) is 4.57. The molecule has 0 aromatic carbocycles. The molecule has 1 fully saturated rings. The lowest BCUT2D eigenvalue weighted by Crippen LogP contribution is -2.36. The zero-order chi connectivity index (χ0) is 13.0. The first-order chi connectivity index (χ1) is 8.58. The molecule has 1 aromatic rings. The van der Waals surface area contributed by atoms with Crippen LogP contribution >= 0.6 is 11.3 Å². The van der Waals surface area contributed by atoms with Crippen LogP contribution in [-0.4, -0.2) is 18.9 Å². The summed E-state index contributed by atoms with van der Waals surface area (Å²) >= 11 is 1.83. The lowest BCUT2D eigenvalue weighted by molar-refractivity contribution is -0.120. The van der Waals surface area contributed by atoms with Crippen molar-refractivity contribution in [3.05, 3.63) is 22.4 Å². The van der Waals surface area contributed by atoms with E-state index >= 15 is 0 Å². The van der Waals surface area contributed by atoms with Gasteiger partial charge in [-0.15, -0.1) is 11.3 Å². The number of Topliss-reactive ketones (excluding diaryl/α,β-unsaturated/α-hetero) is 1. The Labute approximate surface area is 114 Å². The highest BCUT2D eigenvalue weighted by Crippen LogP contribution is 2.27. The molecule has 1 aliphatic carbocycles. The summed E-state index contributed by atoms with van der Waals surface area (Å²) in [5.74, 6) is 1.15. The maximum atomic E-state index is 11.2. The van der Waals surface area contributed by atoms with Gasteiger partial charge in [0.25, 0.3) is 0 Å². The molecule has 1 N–H and O–H groups in total. The van der Waals surface area contributed by atoms with Crippen molar-refractivity contribution in [1.29, 1.82) is 0 Å². The van der Waals surface area contributed by atoms with E-state index in [4.69, 9.17) is 0 Å². The Balaban J connectivity index is 1.73. The van der Waals surface area contributed by atoms with Gasteiger partial charge >= 0.3 is 0 Å². The van der Waals surface area contributed by atoms with Crippen LogP contribution in [0.15, 0.2) is 17.5 Å². The number of hydrogen-bond donors (Lipinski definition) is 1. The molecule has 0 spiro atoms. The van der Waals surface area contributed by atoms with E-state index in [2.05, 4.69) is 36.7 Å². The van der Waals surface area contributed by atoms with Gasteiger partial charge in [-0.05, 0) is 36.8 Å². The zero-order valence-electron chi connectivity index (χ0n) is 11.4. The second-order valence-electron chi connectivity index (χ2n) is 5.97. The molecule has 0 saturated heterocycles. The number of nitrogens with one attached hydrogen (secondary N) is 1. The summed E-state index contributed by atoms with van der Waals surface area (Å²) in [5.41, 5.74) is 0.207. The van der Waals surface area contributed by atoms with Crippen LogP contribution < -0.4 is 5.32 Å². The lowest BCUT2D eigenvalue weighted by atomic mass is 9.87. The third-order valence-electron chi connectivity index (χ3n) is 3.85. The van der Waals surface area contributed by atoms with E-state index in [1.54, 1.807) is 0 Å². The minimum Gasteiger partial charge on any atom is -0.316 e. The average Bonchev–Trinajstić information content (AvgIpc) is 2.86. The molecular formula is C15H23NOS. The summed E-state index contributed by atoms with van der Waals surface area (Å²) in [6.45, 7) is 6.65. The molecule has 18 heavy (non-hydrogen) atoms. The summed E-state index contributed by atoms with van der Waals surface area (Å²) in [6, 6.07) is 4.33. The maximum absolute atomic E-state index is 11.2. The fourth-order valence-electron chi connectivity index (χ4n) is 2.54. The van der Waals surface area contributed by atoms with Gasteiger partial charge in [0, 0.05) is 29.7 Å². The van der Waals surface area contributed by atoms with Crippen molar-refractivity contribution < 1.29 is 4.79 Å². The molecule has 2 rings (SSSR count). The minimum atomic E-state index is 0.207. The first-order valence-electron chi connectivity index (χ1n) is 6.84. The third-order valence-corrected chi connectivity index (χ3v) is 5.09. The highest BCUT2D eigenvalue weighted by molar-refractivity contribution is 7.10. The molecule has 1 aromatic heterocycles. The summed E-state index contributed by atoms with van der Waals surface area (Å²) in [7, 11) is 0. The van der Waals surface area contributed by atoms with Gasteiger partial charge in [0.05, 0.1) is 0 Å². The highest BCUT2D eigenvalue weighted by atomic mass is 32.1. The molecule has 1 aliphatic rings. The topological polar surface area (TPSA) is 29.1 Å². The molecule has 1 heterocycles. The molecule has 0 bridgehead atoms. The van der Waals surface area contributed by atoms with E-state index in [1.165, 1.54) is 4.88 Å². The minimum absolute atomic E-state index is 0.207. The van der Waals surface area contributed by atoms with Crippen LogP contribution in [0.1, 0.15) is 44.4 Å². The molecule has 3 heteroatoms. The predicted octanol–water partition coefficient (Wildman–Crippen LogP) is 3.37. The standard InChI is InChI=1S/C15H23NOS/c1-15(2,14-4-3-9-18-14)11-16-10-12-5-7-13(17)8-6-12/h3-4,9,12,16H,5-8,10-11H2,1-2H3. The zero-order valence-corrected chi connectivity index (χ0v) is 12.2. The fraction of sp³-hybridized carbons (Fsp3) is 0.667. The largest absolute Gasteiger partial charge is 0.316 e. The normalized spacial score (nSPS) is 18.2. The second-order valence-corrected chi connectivity index (χ2v) is 6.92. The number of ketones is 1. The van der Waals surface area contributed by atoms with Crippen molar-refractivity contribution in [2.45, 2.75) is 44.9 Å². The van der Waals surface area contributed by atoms with Crippen LogP contribution in [0.25, 0.3) is 0 Å².